The van der Waals surface area contributed by atoms with Crippen LogP contribution in [0.2, 0.25) is 0 Å². The molecule has 35 heavy (non-hydrogen) atoms. The molecule has 1 amide bonds. The zero-order valence-corrected chi connectivity index (χ0v) is 19.1. The minimum atomic E-state index is -4.26. The Balaban J connectivity index is 1.95. The van der Waals surface area contributed by atoms with Crippen LogP contribution in [0.4, 0.5) is 17.1 Å². The molecule has 1 heterocycles. The summed E-state index contributed by atoms with van der Waals surface area (Å²) in [6, 6.07) is 19.2. The van der Waals surface area contributed by atoms with Crippen LogP contribution in [0.1, 0.15) is 11.7 Å². The van der Waals surface area contributed by atoms with Gasteiger partial charge in [0.05, 0.1) is 21.2 Å². The number of nitro groups is 1. The number of benzene rings is 3. The monoisotopic (exact) mass is 497 g/mol. The van der Waals surface area contributed by atoms with Crippen molar-refractivity contribution in [3.05, 3.63) is 99.7 Å². The number of sulfonamides is 1. The van der Waals surface area contributed by atoms with Gasteiger partial charge in [-0.25, -0.2) is 12.7 Å². The van der Waals surface area contributed by atoms with Gasteiger partial charge in [0.25, 0.3) is 28.2 Å². The highest BCUT2D eigenvalue weighted by Gasteiger charge is 2.47. The normalized spacial score (nSPS) is 15.6. The van der Waals surface area contributed by atoms with Crippen LogP contribution in [-0.4, -0.2) is 37.8 Å². The number of hydroxylamine groups is 1. The molecule has 1 aliphatic rings. The quantitative estimate of drug-likeness (QED) is 0.210. The number of fused-ring (bicyclic) bond motifs is 1. The topological polar surface area (TPSA) is 148 Å². The Morgan fingerprint density at radius 3 is 2.31 bits per heavy atom. The Morgan fingerprint density at radius 2 is 1.66 bits per heavy atom. The number of nitrogens with zero attached hydrogens (tertiary/aromatic N) is 5. The molecule has 12 nitrogen and oxygen atoms in total. The molecule has 0 bridgehead atoms. The summed E-state index contributed by atoms with van der Waals surface area (Å²) in [4.78, 5) is 29.6. The third-order valence-electron chi connectivity index (χ3n) is 5.24. The number of anilines is 2. The number of carbonyl (C=O) groups excluding carboxylic acids is 1. The molecule has 0 aliphatic carbocycles. The van der Waals surface area contributed by atoms with Crippen molar-refractivity contribution in [2.45, 2.75) is 11.1 Å². The lowest BCUT2D eigenvalue weighted by Crippen LogP contribution is -2.44. The van der Waals surface area contributed by atoms with Crippen molar-refractivity contribution in [2.24, 2.45) is 5.28 Å². The first-order valence-corrected chi connectivity index (χ1v) is 11.6. The summed E-state index contributed by atoms with van der Waals surface area (Å²) in [5, 5.41) is 26.6. The van der Waals surface area contributed by atoms with Gasteiger partial charge < -0.3 is 10.0 Å². The molecule has 13 heteroatoms. The molecule has 3 aromatic carbocycles. The van der Waals surface area contributed by atoms with Crippen LogP contribution >= 0.6 is 0 Å². The zero-order chi connectivity index (χ0) is 25.2. The van der Waals surface area contributed by atoms with Crippen molar-refractivity contribution in [1.82, 2.24) is 0 Å². The predicted octanol–water partition coefficient (Wildman–Crippen LogP) is 3.36. The van der Waals surface area contributed by atoms with E-state index >= 15 is 0 Å². The van der Waals surface area contributed by atoms with E-state index in [9.17, 15) is 28.5 Å². The van der Waals surface area contributed by atoms with E-state index in [0.29, 0.717) is 0 Å². The highest BCUT2D eigenvalue weighted by atomic mass is 32.2. The minimum Gasteiger partial charge on any atom is -0.597 e. The van der Waals surface area contributed by atoms with E-state index < -0.39 is 33.6 Å². The highest BCUT2D eigenvalue weighted by Crippen LogP contribution is 2.49. The summed E-state index contributed by atoms with van der Waals surface area (Å²) in [6.45, 7) is -0.785. The third-order valence-corrected chi connectivity index (χ3v) is 7.02. The average molecular weight is 497 g/mol. The lowest BCUT2D eigenvalue weighted by atomic mass is 10.1. The van der Waals surface area contributed by atoms with Crippen molar-refractivity contribution < 1.29 is 27.8 Å². The van der Waals surface area contributed by atoms with Crippen LogP contribution in [0.25, 0.3) is 0 Å². The molecule has 1 atom stereocenters. The fraction of sp³-hybridized carbons (Fsp3) is 0.136. The minimum absolute atomic E-state index is 0.0177. The largest absolute Gasteiger partial charge is 0.597 e. The summed E-state index contributed by atoms with van der Waals surface area (Å²) in [5.41, 5.74) is 0.244. The molecule has 0 saturated heterocycles. The van der Waals surface area contributed by atoms with Gasteiger partial charge in [-0.15, -0.1) is 0 Å². The fourth-order valence-electron chi connectivity index (χ4n) is 3.86. The molecule has 0 spiro atoms. The van der Waals surface area contributed by atoms with Crippen molar-refractivity contribution in [2.75, 3.05) is 22.9 Å². The predicted molar refractivity (Wildman–Crippen MR) is 124 cm³/mol. The van der Waals surface area contributed by atoms with Crippen LogP contribution in [-0.2, 0) is 19.7 Å². The van der Waals surface area contributed by atoms with Crippen LogP contribution in [0.5, 0.6) is 0 Å². The molecule has 1 unspecified atom stereocenters. The van der Waals surface area contributed by atoms with Gasteiger partial charge in [0.15, 0.2) is 11.4 Å². The second-order valence-electron chi connectivity index (χ2n) is 7.37. The summed E-state index contributed by atoms with van der Waals surface area (Å²) in [5.74, 6) is -0.796. The van der Waals surface area contributed by atoms with E-state index in [1.54, 1.807) is 30.3 Å². The Morgan fingerprint density at radius 1 is 1.00 bits per heavy atom. The standard InChI is InChI=1S/C22H19N5O7S/c1-34-23-24(29)15-21(28)25-19-12-5-6-13-20(19)26(35(32,33)18-10-3-2-4-11-18)22(25)16-8-7-9-17(14-16)27(30)31/h2-14,22H,15H2,1H3/b24-23-. The number of non-ortho nitro benzene ring substituents is 1. The van der Waals surface area contributed by atoms with Crippen molar-refractivity contribution in [3.63, 3.8) is 0 Å². The Hall–Kier alpha value is -4.52. The maximum atomic E-state index is 13.8. The summed E-state index contributed by atoms with van der Waals surface area (Å²) in [6.07, 6.45) is -1.35. The molecular formula is C22H19N5O7S. The van der Waals surface area contributed by atoms with E-state index in [1.807, 2.05) is 0 Å². The van der Waals surface area contributed by atoms with Crippen molar-refractivity contribution in [1.29, 1.82) is 0 Å². The second-order valence-corrected chi connectivity index (χ2v) is 9.18. The van der Waals surface area contributed by atoms with Gasteiger partial charge in [-0.2, -0.15) is 0 Å². The van der Waals surface area contributed by atoms with E-state index in [2.05, 4.69) is 10.1 Å². The lowest BCUT2D eigenvalue weighted by molar-refractivity contribution is -0.546. The number of nitro benzene ring substituents is 1. The smallest absolute Gasteiger partial charge is 0.298 e. The van der Waals surface area contributed by atoms with E-state index in [0.717, 1.165) is 16.3 Å². The first kappa shape index (κ1) is 23.6. The van der Waals surface area contributed by atoms with Crippen molar-refractivity contribution >= 4 is 33.0 Å². The number of carbonyl (C=O) groups is 1. The van der Waals surface area contributed by atoms with Gasteiger partial charge >= 0.3 is 0 Å². The number of amides is 1. The molecule has 0 fully saturated rings. The molecule has 0 saturated carbocycles. The molecule has 1 aliphatic heterocycles. The SMILES string of the molecule is CO/N=[N+](\[O-])CC(=O)N1c2ccccc2N(S(=O)(=O)c2ccccc2)C1c1cccc([N+](=O)[O-])c1. The van der Waals surface area contributed by atoms with E-state index in [1.165, 1.54) is 48.5 Å². The number of hydrogen-bond donors (Lipinski definition) is 0. The van der Waals surface area contributed by atoms with E-state index in [4.69, 9.17) is 0 Å². The number of rotatable bonds is 7. The molecule has 4 rings (SSSR count). The maximum absolute atomic E-state index is 13.8. The zero-order valence-electron chi connectivity index (χ0n) is 18.3. The number of para-hydroxylation sites is 2. The lowest BCUT2D eigenvalue weighted by Gasteiger charge is -2.31. The highest BCUT2D eigenvalue weighted by molar-refractivity contribution is 7.92. The Kier molecular flexibility index (Phi) is 6.34. The van der Waals surface area contributed by atoms with Gasteiger partial charge in [-0.3, -0.25) is 19.8 Å². The summed E-state index contributed by atoms with van der Waals surface area (Å²) >= 11 is 0. The van der Waals surface area contributed by atoms with Crippen LogP contribution in [0.15, 0.2) is 89.0 Å². The van der Waals surface area contributed by atoms with Gasteiger partial charge in [0, 0.05) is 17.7 Å². The summed E-state index contributed by atoms with van der Waals surface area (Å²) in [7, 11) is -3.12. The van der Waals surface area contributed by atoms with Crippen LogP contribution in [0, 0.1) is 15.3 Å². The van der Waals surface area contributed by atoms with Gasteiger partial charge in [0.1, 0.15) is 7.11 Å². The Labute approximate surface area is 200 Å². The van der Waals surface area contributed by atoms with Crippen LogP contribution < -0.4 is 9.21 Å². The first-order valence-electron chi connectivity index (χ1n) is 10.2. The maximum Gasteiger partial charge on any atom is 0.298 e. The number of hydrogen-bond acceptors (Lipinski definition) is 8. The first-order chi connectivity index (χ1) is 16.8. The summed E-state index contributed by atoms with van der Waals surface area (Å²) < 4.78 is 28.7. The molecule has 180 valence electrons. The van der Waals surface area contributed by atoms with Crippen LogP contribution in [0.3, 0.4) is 0 Å². The van der Waals surface area contributed by atoms with Gasteiger partial charge in [0.2, 0.25) is 0 Å². The molecular weight excluding hydrogens is 478 g/mol. The van der Waals surface area contributed by atoms with Gasteiger partial charge in [-0.1, -0.05) is 42.5 Å². The Bertz CT molecular complexity index is 1410. The third kappa shape index (κ3) is 4.36. The molecule has 0 radical (unpaired) electrons. The van der Waals surface area contributed by atoms with Crippen molar-refractivity contribution in [3.8, 4) is 0 Å². The molecule has 0 N–H and O–H groups in total. The van der Waals surface area contributed by atoms with Gasteiger partial charge in [-0.05, 0) is 29.1 Å². The second kappa shape index (κ2) is 9.38. The molecule has 0 aromatic heterocycles. The average Bonchev–Trinajstić information content (AvgIpc) is 3.21. The van der Waals surface area contributed by atoms with E-state index in [-0.39, 0.29) is 32.4 Å². The molecule has 3 aromatic rings. The fourth-order valence-corrected chi connectivity index (χ4v) is 5.48.